The van der Waals surface area contributed by atoms with Crippen molar-refractivity contribution in [3.8, 4) is 0 Å². The number of hydrogen-bond donors (Lipinski definition) is 2. The number of aliphatic imine (C=N–C) groups is 1. The fourth-order valence-electron chi connectivity index (χ4n) is 0.523. The molecule has 1 aliphatic rings. The number of amidine groups is 1. The van der Waals surface area contributed by atoms with Crippen LogP contribution in [-0.4, -0.2) is 17.5 Å². The lowest BCUT2D eigenvalue weighted by molar-refractivity contribution is 0.887. The second-order valence-corrected chi connectivity index (χ2v) is 1.97. The van der Waals surface area contributed by atoms with Crippen LogP contribution in [0, 0.1) is 0 Å². The van der Waals surface area contributed by atoms with Gasteiger partial charge in [0.05, 0.1) is 0 Å². The Morgan fingerprint density at radius 3 is 2.88 bits per heavy atom. The first kappa shape index (κ1) is 5.50. The average molecular weight is 129 g/mol. The van der Waals surface area contributed by atoms with Gasteiger partial charge >= 0.3 is 0 Å². The molecule has 44 valence electrons. The first-order chi connectivity index (χ1) is 3.79. The number of hydrogen-bond acceptors (Lipinski definition) is 2. The Labute approximate surface area is 53.0 Å². The number of rotatable bonds is 0. The smallest absolute Gasteiger partial charge is 0.194 e. The van der Waals surface area contributed by atoms with E-state index in [0.717, 1.165) is 13.0 Å². The van der Waals surface area contributed by atoms with Gasteiger partial charge in [0.15, 0.2) is 5.11 Å². The summed E-state index contributed by atoms with van der Waals surface area (Å²) >= 11 is 4.70. The first-order valence-electron chi connectivity index (χ1n) is 2.40. The van der Waals surface area contributed by atoms with Crippen LogP contribution in [0.15, 0.2) is 4.99 Å². The highest BCUT2D eigenvalue weighted by molar-refractivity contribution is 7.80. The van der Waals surface area contributed by atoms with Crippen molar-refractivity contribution in [1.29, 1.82) is 0 Å². The fourth-order valence-corrected chi connectivity index (χ4v) is 0.743. The molecule has 0 fully saturated rings. The highest BCUT2D eigenvalue weighted by atomic mass is 32.1. The van der Waals surface area contributed by atoms with Gasteiger partial charge in [0.1, 0.15) is 5.84 Å². The second-order valence-electron chi connectivity index (χ2n) is 1.59. The highest BCUT2D eigenvalue weighted by Crippen LogP contribution is 1.87. The molecule has 1 rings (SSSR count). The molecule has 0 saturated carbocycles. The van der Waals surface area contributed by atoms with Gasteiger partial charge in [-0.25, -0.2) is 4.99 Å². The Morgan fingerprint density at radius 2 is 2.50 bits per heavy atom. The molecular formula is C4H7N3S. The summed E-state index contributed by atoms with van der Waals surface area (Å²) in [5.41, 5.74) is 5.35. The van der Waals surface area contributed by atoms with Gasteiger partial charge in [-0.1, -0.05) is 0 Å². The lowest BCUT2D eigenvalue weighted by Crippen LogP contribution is -2.32. The van der Waals surface area contributed by atoms with Gasteiger partial charge in [-0.2, -0.15) is 0 Å². The van der Waals surface area contributed by atoms with E-state index in [0.29, 0.717) is 10.9 Å². The maximum atomic E-state index is 5.35. The molecule has 0 aromatic heterocycles. The number of nitrogens with one attached hydrogen (secondary N) is 1. The maximum absolute atomic E-state index is 5.35. The van der Waals surface area contributed by atoms with Crippen LogP contribution < -0.4 is 11.1 Å². The topological polar surface area (TPSA) is 50.4 Å². The van der Waals surface area contributed by atoms with E-state index in [4.69, 9.17) is 18.0 Å². The molecular weight excluding hydrogens is 122 g/mol. The Morgan fingerprint density at radius 1 is 1.75 bits per heavy atom. The lowest BCUT2D eigenvalue weighted by atomic mass is 10.4. The summed E-state index contributed by atoms with van der Waals surface area (Å²) in [5, 5.41) is 3.38. The van der Waals surface area contributed by atoms with E-state index in [9.17, 15) is 0 Å². The quantitative estimate of drug-likeness (QED) is 0.438. The third-order valence-corrected chi connectivity index (χ3v) is 1.14. The molecule has 0 amide bonds. The van der Waals surface area contributed by atoms with Crippen molar-refractivity contribution in [2.75, 3.05) is 6.54 Å². The summed E-state index contributed by atoms with van der Waals surface area (Å²) in [5.74, 6) is 0.633. The summed E-state index contributed by atoms with van der Waals surface area (Å²) in [6.45, 7) is 0.828. The zero-order valence-corrected chi connectivity index (χ0v) is 5.16. The molecule has 0 spiro atoms. The molecule has 0 bridgehead atoms. The first-order valence-corrected chi connectivity index (χ1v) is 2.81. The minimum atomic E-state index is 0.508. The molecule has 0 aliphatic carbocycles. The SMILES string of the molecule is NC1=NC(=S)NCC1. The lowest BCUT2D eigenvalue weighted by Gasteiger charge is -2.09. The number of nitrogens with zero attached hydrogens (tertiary/aromatic N) is 1. The summed E-state index contributed by atoms with van der Waals surface area (Å²) in [4.78, 5) is 3.80. The maximum Gasteiger partial charge on any atom is 0.194 e. The van der Waals surface area contributed by atoms with Crippen LogP contribution in [-0.2, 0) is 0 Å². The van der Waals surface area contributed by atoms with Gasteiger partial charge in [-0.15, -0.1) is 0 Å². The molecule has 8 heavy (non-hydrogen) atoms. The standard InChI is InChI=1S/C4H7N3S/c5-3-1-2-6-4(8)7-3/h1-2H2,(H3,5,6,7,8). The number of nitrogens with two attached hydrogens (primary N) is 1. The molecule has 0 radical (unpaired) electrons. The predicted molar refractivity (Wildman–Crippen MR) is 36.8 cm³/mol. The summed E-state index contributed by atoms with van der Waals surface area (Å²) in [7, 11) is 0. The number of thiocarbonyl (C=S) groups is 1. The minimum absolute atomic E-state index is 0.508. The van der Waals surface area contributed by atoms with Crippen LogP contribution in [0.25, 0.3) is 0 Å². The molecule has 3 N–H and O–H groups in total. The summed E-state index contributed by atoms with van der Waals surface area (Å²) in [6.07, 6.45) is 0.806. The van der Waals surface area contributed by atoms with Crippen molar-refractivity contribution in [3.63, 3.8) is 0 Å². The fraction of sp³-hybridized carbons (Fsp3) is 0.500. The van der Waals surface area contributed by atoms with E-state index >= 15 is 0 Å². The van der Waals surface area contributed by atoms with Crippen molar-refractivity contribution >= 4 is 23.2 Å². The van der Waals surface area contributed by atoms with Gasteiger partial charge in [-0.3, -0.25) is 0 Å². The molecule has 1 aliphatic heterocycles. The van der Waals surface area contributed by atoms with Crippen LogP contribution in [0.5, 0.6) is 0 Å². The van der Waals surface area contributed by atoms with E-state index in [1.165, 1.54) is 0 Å². The Hall–Kier alpha value is -0.640. The van der Waals surface area contributed by atoms with E-state index in [2.05, 4.69) is 10.3 Å². The summed E-state index contributed by atoms with van der Waals surface area (Å²) < 4.78 is 0. The Bertz CT molecular complexity index is 140. The van der Waals surface area contributed by atoms with Crippen molar-refractivity contribution in [2.45, 2.75) is 6.42 Å². The molecule has 1 heterocycles. The molecule has 0 unspecified atom stereocenters. The van der Waals surface area contributed by atoms with Crippen LogP contribution >= 0.6 is 12.2 Å². The van der Waals surface area contributed by atoms with Gasteiger partial charge < -0.3 is 11.1 Å². The van der Waals surface area contributed by atoms with Crippen LogP contribution in [0.1, 0.15) is 6.42 Å². The normalized spacial score (nSPS) is 19.5. The third-order valence-electron chi connectivity index (χ3n) is 0.903. The zero-order chi connectivity index (χ0) is 5.98. The monoisotopic (exact) mass is 129 g/mol. The molecule has 0 saturated heterocycles. The van der Waals surface area contributed by atoms with Crippen molar-refractivity contribution in [1.82, 2.24) is 5.32 Å². The highest BCUT2D eigenvalue weighted by Gasteiger charge is 2.01. The van der Waals surface area contributed by atoms with Crippen molar-refractivity contribution in [3.05, 3.63) is 0 Å². The predicted octanol–water partition coefficient (Wildman–Crippen LogP) is -0.378. The van der Waals surface area contributed by atoms with Crippen LogP contribution in [0.2, 0.25) is 0 Å². The Kier molecular flexibility index (Phi) is 1.43. The third kappa shape index (κ3) is 1.16. The minimum Gasteiger partial charge on any atom is -0.387 e. The van der Waals surface area contributed by atoms with E-state index in [-0.39, 0.29) is 0 Å². The molecule has 0 atom stereocenters. The largest absolute Gasteiger partial charge is 0.387 e. The van der Waals surface area contributed by atoms with Gasteiger partial charge in [0, 0.05) is 13.0 Å². The van der Waals surface area contributed by atoms with Gasteiger partial charge in [0.25, 0.3) is 0 Å². The van der Waals surface area contributed by atoms with E-state index in [1.54, 1.807) is 0 Å². The van der Waals surface area contributed by atoms with Crippen LogP contribution in [0.4, 0.5) is 0 Å². The van der Waals surface area contributed by atoms with E-state index in [1.807, 2.05) is 0 Å². The summed E-state index contributed by atoms with van der Waals surface area (Å²) in [6, 6.07) is 0. The Balaban J connectivity index is 2.64. The van der Waals surface area contributed by atoms with Gasteiger partial charge in [-0.05, 0) is 12.2 Å². The molecule has 4 heteroatoms. The second kappa shape index (κ2) is 2.09. The van der Waals surface area contributed by atoms with Crippen molar-refractivity contribution in [2.24, 2.45) is 10.7 Å². The molecule has 0 aromatic rings. The van der Waals surface area contributed by atoms with E-state index < -0.39 is 0 Å². The average Bonchev–Trinajstić information content (AvgIpc) is 1.64. The van der Waals surface area contributed by atoms with Crippen molar-refractivity contribution < 1.29 is 0 Å². The van der Waals surface area contributed by atoms with Crippen LogP contribution in [0.3, 0.4) is 0 Å². The molecule has 0 aromatic carbocycles. The van der Waals surface area contributed by atoms with Gasteiger partial charge in [0.2, 0.25) is 0 Å². The molecule has 3 nitrogen and oxygen atoms in total. The zero-order valence-electron chi connectivity index (χ0n) is 4.35.